The zero-order valence-corrected chi connectivity index (χ0v) is 8.41. The molecule has 14 heteroatoms. The molecule has 0 atom stereocenters. The second-order valence-electron chi connectivity index (χ2n) is 2.89. The van der Waals surface area contributed by atoms with Crippen LogP contribution in [0, 0.1) is 0 Å². The number of hydrogen-bond acceptors (Lipinski definition) is 4. The molecule has 20 heavy (non-hydrogen) atoms. The van der Waals surface area contributed by atoms with Crippen molar-refractivity contribution < 1.29 is 63.3 Å². The lowest BCUT2D eigenvalue weighted by molar-refractivity contribution is -0.336. The van der Waals surface area contributed by atoms with Crippen molar-refractivity contribution in [1.82, 2.24) is 0 Å². The molecule has 0 aromatic rings. The van der Waals surface area contributed by atoms with Gasteiger partial charge in [0.25, 0.3) is 0 Å². The Balaban J connectivity index is 4.83. The van der Waals surface area contributed by atoms with E-state index in [9.17, 15) is 53.5 Å². The smallest absolute Gasteiger partial charge is 0.240 e. The highest BCUT2D eigenvalue weighted by Gasteiger charge is 2.68. The number of halogens is 10. The fourth-order valence-electron chi connectivity index (χ4n) is 0.412. The van der Waals surface area contributed by atoms with E-state index in [-0.39, 0.29) is 0 Å². The predicted octanol–water partition coefficient (Wildman–Crippen LogP) is 2.38. The quantitative estimate of drug-likeness (QED) is 0.444. The summed E-state index contributed by atoms with van der Waals surface area (Å²) in [6.45, 7) is 0. The largest absolute Gasteiger partial charge is 0.465 e. The molecule has 118 valence electrons. The van der Waals surface area contributed by atoms with E-state index >= 15 is 0 Å². The van der Waals surface area contributed by atoms with Gasteiger partial charge in [-0.1, -0.05) is 0 Å². The van der Waals surface area contributed by atoms with Gasteiger partial charge in [-0.25, -0.2) is 19.4 Å². The first kappa shape index (κ1) is 18.2. The summed E-state index contributed by atoms with van der Waals surface area (Å²) in [6.07, 6.45) is -13.1. The summed E-state index contributed by atoms with van der Waals surface area (Å²) in [5.41, 5.74) is 0. The van der Waals surface area contributed by atoms with Crippen LogP contribution in [0.3, 0.4) is 0 Å². The lowest BCUT2D eigenvalue weighted by Crippen LogP contribution is -2.48. The molecule has 0 aliphatic heterocycles. The van der Waals surface area contributed by atoms with E-state index in [2.05, 4.69) is 9.78 Å². The zero-order valence-electron chi connectivity index (χ0n) is 8.41. The van der Waals surface area contributed by atoms with Crippen LogP contribution in [-0.2, 0) is 19.4 Å². The van der Waals surface area contributed by atoms with E-state index in [1.807, 2.05) is 0 Å². The molecular weight excluding hydrogens is 326 g/mol. The van der Waals surface area contributed by atoms with Gasteiger partial charge in [0, 0.05) is 0 Å². The Morgan fingerprint density at radius 1 is 0.550 bits per heavy atom. The van der Waals surface area contributed by atoms with Crippen molar-refractivity contribution in [2.75, 3.05) is 0 Å². The van der Waals surface area contributed by atoms with E-state index in [1.54, 1.807) is 0 Å². The maximum absolute atomic E-state index is 12.1. The van der Waals surface area contributed by atoms with Gasteiger partial charge in [0.2, 0.25) is 0 Å². The molecule has 0 heterocycles. The Bertz CT molecular complexity index is 356. The molecule has 0 aliphatic rings. The number of rotatable bonds is 2. The molecule has 0 aromatic heterocycles. The average Bonchev–Trinajstić information content (AvgIpc) is 2.21. The molecule has 4 nitrogen and oxygen atoms in total. The third kappa shape index (κ3) is 3.41. The van der Waals surface area contributed by atoms with Crippen LogP contribution in [0.1, 0.15) is 0 Å². The maximum Gasteiger partial charge on any atom is 0.465 e. The molecule has 0 N–H and O–H groups in total. The van der Waals surface area contributed by atoms with Gasteiger partial charge in [-0.3, -0.25) is 0 Å². The van der Waals surface area contributed by atoms with Crippen molar-refractivity contribution in [1.29, 1.82) is 0 Å². The summed E-state index contributed by atoms with van der Waals surface area (Å²) < 4.78 is 117. The van der Waals surface area contributed by atoms with Crippen LogP contribution in [0.2, 0.25) is 0 Å². The van der Waals surface area contributed by atoms with Gasteiger partial charge in [0.15, 0.2) is 0 Å². The first-order valence-electron chi connectivity index (χ1n) is 3.87. The number of alkyl halides is 10. The minimum atomic E-state index is -6.54. The lowest BCUT2D eigenvalue weighted by Gasteiger charge is -2.18. The Kier molecular flexibility index (Phi) is 4.53. The minimum Gasteiger partial charge on any atom is -0.240 e. The summed E-state index contributed by atoms with van der Waals surface area (Å²) >= 11 is 0. The van der Waals surface area contributed by atoms with Crippen LogP contribution in [0.4, 0.5) is 43.9 Å². The van der Waals surface area contributed by atoms with Crippen LogP contribution in [0.15, 0.2) is 0 Å². The van der Waals surface area contributed by atoms with Gasteiger partial charge in [0.1, 0.15) is 0 Å². The first-order chi connectivity index (χ1) is 8.55. The van der Waals surface area contributed by atoms with Crippen molar-refractivity contribution >= 4 is 11.9 Å². The number of hydrogen-bond donors (Lipinski definition) is 0. The maximum atomic E-state index is 12.1. The Hall–Kier alpha value is -1.76. The molecule has 0 saturated carbocycles. The molecule has 0 radical (unpaired) electrons. The van der Waals surface area contributed by atoms with Crippen molar-refractivity contribution in [3.8, 4) is 0 Å². The molecule has 0 spiro atoms. The molecule has 0 aromatic carbocycles. The second-order valence-corrected chi connectivity index (χ2v) is 2.89. The Labute approximate surface area is 101 Å². The number of carbonyl (C=O) groups excluding carboxylic acids is 2. The second kappa shape index (κ2) is 4.97. The molecule has 0 amide bonds. The number of carbonyl (C=O) groups is 2. The van der Waals surface area contributed by atoms with Gasteiger partial charge in [-0.05, 0) is 0 Å². The minimum absolute atomic E-state index is 2.34. The summed E-state index contributed by atoms with van der Waals surface area (Å²) in [6, 6.07) is 0. The molecule has 0 fully saturated rings. The van der Waals surface area contributed by atoms with Crippen LogP contribution >= 0.6 is 0 Å². The molecule has 0 aliphatic carbocycles. The Morgan fingerprint density at radius 3 is 0.900 bits per heavy atom. The van der Waals surface area contributed by atoms with Gasteiger partial charge < -0.3 is 0 Å². The van der Waals surface area contributed by atoms with Crippen molar-refractivity contribution in [3.63, 3.8) is 0 Å². The van der Waals surface area contributed by atoms with Crippen LogP contribution in [-0.4, -0.2) is 36.1 Å². The van der Waals surface area contributed by atoms with Crippen LogP contribution in [0.5, 0.6) is 0 Å². The highest BCUT2D eigenvalue weighted by molar-refractivity contribution is 5.81. The fraction of sp³-hybridized carbons (Fsp3) is 0.667. The fourth-order valence-corrected chi connectivity index (χ4v) is 0.412. The summed E-state index contributed by atoms with van der Waals surface area (Å²) in [7, 11) is 0. The monoisotopic (exact) mass is 326 g/mol. The topological polar surface area (TPSA) is 52.6 Å². The Morgan fingerprint density at radius 2 is 0.750 bits per heavy atom. The van der Waals surface area contributed by atoms with Crippen LogP contribution < -0.4 is 0 Å². The summed E-state index contributed by atoms with van der Waals surface area (Å²) in [4.78, 5) is 24.9. The molecule has 0 unspecified atom stereocenters. The zero-order chi connectivity index (χ0) is 16.6. The van der Waals surface area contributed by atoms with E-state index in [0.29, 0.717) is 0 Å². The molecule has 0 bridgehead atoms. The molecular formula is C6F10O4. The summed E-state index contributed by atoms with van der Waals surface area (Å²) in [5, 5.41) is 0. The highest BCUT2D eigenvalue weighted by Crippen LogP contribution is 2.38. The van der Waals surface area contributed by atoms with E-state index in [4.69, 9.17) is 0 Å². The van der Waals surface area contributed by atoms with Gasteiger partial charge in [-0.2, -0.15) is 43.9 Å². The third-order valence-electron chi connectivity index (χ3n) is 1.42. The van der Waals surface area contributed by atoms with Crippen molar-refractivity contribution in [3.05, 3.63) is 0 Å². The van der Waals surface area contributed by atoms with Gasteiger partial charge >= 0.3 is 36.1 Å². The van der Waals surface area contributed by atoms with Crippen molar-refractivity contribution in [2.45, 2.75) is 24.2 Å². The van der Waals surface area contributed by atoms with E-state index in [1.165, 1.54) is 0 Å². The van der Waals surface area contributed by atoms with Crippen molar-refractivity contribution in [2.24, 2.45) is 0 Å². The van der Waals surface area contributed by atoms with Gasteiger partial charge in [-0.15, -0.1) is 0 Å². The summed E-state index contributed by atoms with van der Waals surface area (Å²) in [5.74, 6) is -19.9. The first-order valence-corrected chi connectivity index (χ1v) is 3.87. The standard InChI is InChI=1S/C6F10O4/c7-3(8,5(11,12)13)1(17)19-20-2(18)4(9,10)6(14,15)16. The SMILES string of the molecule is O=C(OOC(=O)C(F)(F)C(F)(F)F)C(F)(F)C(F)(F)F. The van der Waals surface area contributed by atoms with Crippen LogP contribution in [0.25, 0.3) is 0 Å². The highest BCUT2D eigenvalue weighted by atomic mass is 19.4. The molecule has 0 rings (SSSR count). The average molecular weight is 326 g/mol. The predicted molar refractivity (Wildman–Crippen MR) is 34.2 cm³/mol. The lowest BCUT2D eigenvalue weighted by atomic mass is 10.3. The van der Waals surface area contributed by atoms with E-state index < -0.39 is 36.1 Å². The van der Waals surface area contributed by atoms with Gasteiger partial charge in [0.05, 0.1) is 0 Å². The van der Waals surface area contributed by atoms with E-state index in [0.717, 1.165) is 0 Å². The normalized spacial score (nSPS) is 13.9. The molecule has 0 saturated heterocycles. The third-order valence-corrected chi connectivity index (χ3v) is 1.42.